The maximum absolute atomic E-state index is 12.0. The van der Waals surface area contributed by atoms with E-state index in [1.807, 2.05) is 19.1 Å². The number of aryl methyl sites for hydroxylation is 2. The van der Waals surface area contributed by atoms with E-state index in [0.29, 0.717) is 25.0 Å². The van der Waals surface area contributed by atoms with E-state index in [9.17, 15) is 9.59 Å². The average molecular weight is 288 g/mol. The molecule has 0 saturated carbocycles. The van der Waals surface area contributed by atoms with Crippen LogP contribution in [0.5, 0.6) is 0 Å². The molecule has 0 aliphatic rings. The van der Waals surface area contributed by atoms with Gasteiger partial charge in [0.05, 0.1) is 11.0 Å². The van der Waals surface area contributed by atoms with Gasteiger partial charge in [0.15, 0.2) is 0 Å². The van der Waals surface area contributed by atoms with Crippen LogP contribution in [0.1, 0.15) is 34.6 Å². The first-order valence-corrected chi connectivity index (χ1v) is 6.97. The van der Waals surface area contributed by atoms with Crippen molar-refractivity contribution in [3.63, 3.8) is 0 Å². The average Bonchev–Trinajstić information content (AvgIpc) is 2.84. The van der Waals surface area contributed by atoms with Gasteiger partial charge in [0.2, 0.25) is 5.91 Å². The van der Waals surface area contributed by atoms with Crippen LogP contribution >= 0.6 is 0 Å². The predicted octanol–water partition coefficient (Wildman–Crippen LogP) is 1.30. The Kier molecular flexibility index (Phi) is 4.57. The Hall–Kier alpha value is -2.37. The van der Waals surface area contributed by atoms with E-state index in [1.165, 1.54) is 0 Å². The molecule has 2 amide bonds. The van der Waals surface area contributed by atoms with E-state index in [1.54, 1.807) is 14.1 Å². The number of carbonyl (C=O) groups is 2. The van der Waals surface area contributed by atoms with Crippen molar-refractivity contribution in [2.75, 3.05) is 14.1 Å². The summed E-state index contributed by atoms with van der Waals surface area (Å²) >= 11 is 0. The van der Waals surface area contributed by atoms with Gasteiger partial charge in [0.25, 0.3) is 5.91 Å². The first-order chi connectivity index (χ1) is 10.1. The summed E-state index contributed by atoms with van der Waals surface area (Å²) in [5.74, 6) is -0.166. The Bertz CT molecular complexity index is 676. The fourth-order valence-corrected chi connectivity index (χ4v) is 2.33. The summed E-state index contributed by atoms with van der Waals surface area (Å²) in [6.45, 7) is 1.92. The van der Waals surface area contributed by atoms with Crippen LogP contribution in [0, 0.1) is 6.92 Å². The third kappa shape index (κ3) is 3.21. The molecule has 112 valence electrons. The van der Waals surface area contributed by atoms with Crippen LogP contribution in [-0.4, -0.2) is 35.9 Å². The molecule has 6 heteroatoms. The lowest BCUT2D eigenvalue weighted by Gasteiger charge is -2.04. The molecule has 6 nitrogen and oxygen atoms in total. The number of nitrogens with one attached hydrogen (secondary N) is 3. The highest BCUT2D eigenvalue weighted by atomic mass is 16.2. The number of nitrogens with zero attached hydrogens (tertiary/aromatic N) is 1. The molecular weight excluding hydrogens is 268 g/mol. The Morgan fingerprint density at radius 2 is 2.00 bits per heavy atom. The number of amides is 2. The van der Waals surface area contributed by atoms with Crippen LogP contribution in [0.4, 0.5) is 0 Å². The third-order valence-corrected chi connectivity index (χ3v) is 3.45. The molecule has 0 atom stereocenters. The van der Waals surface area contributed by atoms with Gasteiger partial charge in [-0.1, -0.05) is 0 Å². The van der Waals surface area contributed by atoms with Gasteiger partial charge in [0.1, 0.15) is 5.69 Å². The molecule has 0 saturated heterocycles. The second-order valence-electron chi connectivity index (χ2n) is 4.93. The molecule has 0 aliphatic heterocycles. The first kappa shape index (κ1) is 15.0. The highest BCUT2D eigenvalue weighted by molar-refractivity contribution is 5.99. The normalized spacial score (nSPS) is 10.6. The Balaban J connectivity index is 2.35. The van der Waals surface area contributed by atoms with Crippen LogP contribution in [0.25, 0.3) is 11.0 Å². The molecule has 2 aromatic rings. The second-order valence-corrected chi connectivity index (χ2v) is 4.93. The number of fused-ring (bicyclic) bond motifs is 1. The number of pyridine rings is 1. The lowest BCUT2D eigenvalue weighted by molar-refractivity contribution is -0.120. The van der Waals surface area contributed by atoms with Crippen molar-refractivity contribution in [2.24, 2.45) is 0 Å². The van der Waals surface area contributed by atoms with E-state index in [4.69, 9.17) is 0 Å². The van der Waals surface area contributed by atoms with Crippen molar-refractivity contribution in [1.29, 1.82) is 0 Å². The minimum absolute atomic E-state index is 0.000439. The standard InChI is InChI=1S/C15H20N4O2/c1-9-7-8-11-13(18-9)10(5-4-6-12(20)16-2)14(19-11)15(21)17-3/h7-8,19H,4-6H2,1-3H3,(H,16,20)(H,17,21). The zero-order chi connectivity index (χ0) is 15.4. The minimum atomic E-state index is -0.166. The molecule has 0 spiro atoms. The Morgan fingerprint density at radius 1 is 1.24 bits per heavy atom. The van der Waals surface area contributed by atoms with Gasteiger partial charge < -0.3 is 15.6 Å². The fraction of sp³-hybridized carbons (Fsp3) is 0.400. The number of H-pyrrole nitrogens is 1. The Morgan fingerprint density at radius 3 is 2.67 bits per heavy atom. The molecule has 0 aromatic carbocycles. The summed E-state index contributed by atoms with van der Waals surface area (Å²) < 4.78 is 0. The van der Waals surface area contributed by atoms with Crippen LogP contribution in [0.2, 0.25) is 0 Å². The summed E-state index contributed by atoms with van der Waals surface area (Å²) in [6, 6.07) is 3.83. The number of hydrogen-bond acceptors (Lipinski definition) is 3. The lowest BCUT2D eigenvalue weighted by Crippen LogP contribution is -2.20. The van der Waals surface area contributed by atoms with E-state index < -0.39 is 0 Å². The molecule has 0 unspecified atom stereocenters. The van der Waals surface area contributed by atoms with Crippen LogP contribution in [0.3, 0.4) is 0 Å². The van der Waals surface area contributed by atoms with Gasteiger partial charge >= 0.3 is 0 Å². The maximum Gasteiger partial charge on any atom is 0.267 e. The number of rotatable bonds is 5. The van der Waals surface area contributed by atoms with E-state index in [0.717, 1.165) is 22.3 Å². The predicted molar refractivity (Wildman–Crippen MR) is 81.2 cm³/mol. The molecule has 0 aliphatic carbocycles. The van der Waals surface area contributed by atoms with Gasteiger partial charge in [-0.25, -0.2) is 0 Å². The van der Waals surface area contributed by atoms with Crippen LogP contribution in [-0.2, 0) is 11.2 Å². The molecule has 0 fully saturated rings. The summed E-state index contributed by atoms with van der Waals surface area (Å²) in [6.07, 6.45) is 1.74. The van der Waals surface area contributed by atoms with Gasteiger partial charge in [-0.2, -0.15) is 0 Å². The number of aromatic amines is 1. The molecular formula is C15H20N4O2. The van der Waals surface area contributed by atoms with Crippen LogP contribution in [0.15, 0.2) is 12.1 Å². The maximum atomic E-state index is 12.0. The van der Waals surface area contributed by atoms with Crippen molar-refractivity contribution in [3.05, 3.63) is 29.1 Å². The summed E-state index contributed by atoms with van der Waals surface area (Å²) in [7, 11) is 3.22. The van der Waals surface area contributed by atoms with Crippen molar-refractivity contribution in [2.45, 2.75) is 26.2 Å². The van der Waals surface area contributed by atoms with E-state index in [-0.39, 0.29) is 11.8 Å². The molecule has 0 radical (unpaired) electrons. The SMILES string of the molecule is CNC(=O)CCCc1c(C(=O)NC)[nH]c2ccc(C)nc12. The van der Waals surface area contributed by atoms with Crippen LogP contribution < -0.4 is 10.6 Å². The molecule has 21 heavy (non-hydrogen) atoms. The molecule has 2 aromatic heterocycles. The largest absolute Gasteiger partial charge is 0.359 e. The zero-order valence-electron chi connectivity index (χ0n) is 12.5. The van der Waals surface area contributed by atoms with Crippen molar-refractivity contribution in [1.82, 2.24) is 20.6 Å². The minimum Gasteiger partial charge on any atom is -0.359 e. The number of aromatic nitrogens is 2. The van der Waals surface area contributed by atoms with Gasteiger partial charge in [0, 0.05) is 31.8 Å². The second kappa shape index (κ2) is 6.39. The van der Waals surface area contributed by atoms with Crippen molar-refractivity contribution in [3.8, 4) is 0 Å². The highest BCUT2D eigenvalue weighted by Gasteiger charge is 2.18. The van der Waals surface area contributed by atoms with Gasteiger partial charge in [-0.3, -0.25) is 14.6 Å². The zero-order valence-corrected chi connectivity index (χ0v) is 12.5. The summed E-state index contributed by atoms with van der Waals surface area (Å²) in [5.41, 5.74) is 3.96. The van der Waals surface area contributed by atoms with Gasteiger partial charge in [-0.05, 0) is 31.9 Å². The lowest BCUT2D eigenvalue weighted by atomic mass is 10.1. The van der Waals surface area contributed by atoms with Gasteiger partial charge in [-0.15, -0.1) is 0 Å². The Labute approximate surface area is 123 Å². The fourth-order valence-electron chi connectivity index (χ4n) is 2.33. The third-order valence-electron chi connectivity index (χ3n) is 3.45. The monoisotopic (exact) mass is 288 g/mol. The highest BCUT2D eigenvalue weighted by Crippen LogP contribution is 2.23. The quantitative estimate of drug-likeness (QED) is 0.775. The smallest absolute Gasteiger partial charge is 0.267 e. The van der Waals surface area contributed by atoms with Crippen molar-refractivity contribution < 1.29 is 9.59 Å². The number of hydrogen-bond donors (Lipinski definition) is 3. The van der Waals surface area contributed by atoms with Crippen molar-refractivity contribution >= 4 is 22.8 Å². The topological polar surface area (TPSA) is 86.9 Å². The molecule has 2 rings (SSSR count). The molecule has 0 bridgehead atoms. The summed E-state index contributed by atoms with van der Waals surface area (Å²) in [5, 5.41) is 5.23. The van der Waals surface area contributed by atoms with E-state index in [2.05, 4.69) is 20.6 Å². The first-order valence-electron chi connectivity index (χ1n) is 6.97. The molecule has 3 N–H and O–H groups in total. The van der Waals surface area contributed by atoms with E-state index >= 15 is 0 Å². The molecule has 2 heterocycles. The number of carbonyl (C=O) groups excluding carboxylic acids is 2. The summed E-state index contributed by atoms with van der Waals surface area (Å²) in [4.78, 5) is 30.9.